The average Bonchev–Trinajstić information content (AvgIpc) is 3.20. The van der Waals surface area contributed by atoms with Gasteiger partial charge in [0.2, 0.25) is 0 Å². The highest BCUT2D eigenvalue weighted by Gasteiger charge is 2.32. The highest BCUT2D eigenvalue weighted by atomic mass is 16.2. The molecule has 0 saturated carbocycles. The summed E-state index contributed by atoms with van der Waals surface area (Å²) >= 11 is 0. The van der Waals surface area contributed by atoms with Gasteiger partial charge in [-0.3, -0.25) is 9.88 Å². The third-order valence-corrected chi connectivity index (χ3v) is 5.25. The number of benzene rings is 1. The number of hydrazine groups is 1. The number of anilines is 1. The molecule has 27 heavy (non-hydrogen) atoms. The Bertz CT molecular complexity index is 741. The summed E-state index contributed by atoms with van der Waals surface area (Å²) < 4.78 is 0. The summed E-state index contributed by atoms with van der Waals surface area (Å²) in [5, 5.41) is 6.02. The van der Waals surface area contributed by atoms with Gasteiger partial charge in [0.1, 0.15) is 0 Å². The van der Waals surface area contributed by atoms with Gasteiger partial charge < -0.3 is 10.6 Å². The van der Waals surface area contributed by atoms with Crippen molar-refractivity contribution in [2.24, 2.45) is 0 Å². The first-order valence-electron chi connectivity index (χ1n) is 9.55. The minimum absolute atomic E-state index is 0.139. The zero-order valence-corrected chi connectivity index (χ0v) is 15.3. The number of rotatable bonds is 4. The predicted molar refractivity (Wildman–Crippen MR) is 105 cm³/mol. The number of para-hydroxylation sites is 1. The van der Waals surface area contributed by atoms with E-state index in [1.807, 2.05) is 42.7 Å². The van der Waals surface area contributed by atoms with Gasteiger partial charge in [0, 0.05) is 36.7 Å². The monoisotopic (exact) mass is 366 g/mol. The average molecular weight is 366 g/mol. The van der Waals surface area contributed by atoms with E-state index in [0.717, 1.165) is 38.0 Å². The molecule has 1 aromatic carbocycles. The van der Waals surface area contributed by atoms with Crippen LogP contribution in [0.2, 0.25) is 0 Å². The molecule has 0 aliphatic carbocycles. The molecule has 0 bridgehead atoms. The Kier molecular flexibility index (Phi) is 5.62. The molecule has 0 radical (unpaired) electrons. The van der Waals surface area contributed by atoms with Crippen LogP contribution in [0.3, 0.4) is 0 Å². The number of carbonyl (C=O) groups excluding carboxylic acids is 1. The highest BCUT2D eigenvalue weighted by Crippen LogP contribution is 2.25. The molecule has 7 heteroatoms. The normalized spacial score (nSPS) is 25.9. The second kappa shape index (κ2) is 8.47. The van der Waals surface area contributed by atoms with Gasteiger partial charge in [-0.2, -0.15) is 0 Å². The summed E-state index contributed by atoms with van der Waals surface area (Å²) in [4.78, 5) is 18.8. The first kappa shape index (κ1) is 17.9. The van der Waals surface area contributed by atoms with Crippen LogP contribution in [0.4, 0.5) is 10.5 Å². The first-order valence-corrected chi connectivity index (χ1v) is 9.55. The summed E-state index contributed by atoms with van der Waals surface area (Å²) in [5.41, 5.74) is 8.86. The van der Waals surface area contributed by atoms with E-state index in [-0.39, 0.29) is 24.3 Å². The van der Waals surface area contributed by atoms with Crippen LogP contribution in [0.25, 0.3) is 0 Å². The summed E-state index contributed by atoms with van der Waals surface area (Å²) in [6.45, 7) is 1.89. The molecule has 1 aromatic heterocycles. The van der Waals surface area contributed by atoms with E-state index in [1.54, 1.807) is 0 Å². The first-order chi connectivity index (χ1) is 13.3. The molecule has 2 amide bonds. The maximum absolute atomic E-state index is 12.3. The minimum atomic E-state index is -0.139. The third-order valence-electron chi connectivity index (χ3n) is 5.25. The number of nitrogens with one attached hydrogen (secondary N) is 4. The van der Waals surface area contributed by atoms with Crippen molar-refractivity contribution in [1.82, 2.24) is 26.1 Å². The molecule has 0 spiro atoms. The van der Waals surface area contributed by atoms with Gasteiger partial charge in [-0.1, -0.05) is 18.2 Å². The minimum Gasteiger partial charge on any atom is -0.334 e. The summed E-state index contributed by atoms with van der Waals surface area (Å²) in [7, 11) is 0. The number of urea groups is 1. The molecular weight excluding hydrogens is 340 g/mol. The largest absolute Gasteiger partial charge is 0.334 e. The standard InChI is InChI=1S/C20H26N6O/c27-20(22-16-5-2-1-3-6-16)23-17-7-4-12-26(14-17)19-13-18(24-25-19)15-8-10-21-11-9-15/h1-3,5-6,8-11,17-19,24-25H,4,7,12-14H2,(H2,22,23,27). The highest BCUT2D eigenvalue weighted by molar-refractivity contribution is 5.89. The van der Waals surface area contributed by atoms with Gasteiger partial charge in [-0.25, -0.2) is 15.6 Å². The van der Waals surface area contributed by atoms with E-state index in [0.29, 0.717) is 0 Å². The van der Waals surface area contributed by atoms with E-state index in [9.17, 15) is 4.79 Å². The van der Waals surface area contributed by atoms with Crippen LogP contribution in [0, 0.1) is 0 Å². The fourth-order valence-corrected chi connectivity index (χ4v) is 3.87. The van der Waals surface area contributed by atoms with Crippen LogP contribution in [0.15, 0.2) is 54.9 Å². The topological polar surface area (TPSA) is 81.3 Å². The molecule has 7 nitrogen and oxygen atoms in total. The number of nitrogens with zero attached hydrogens (tertiary/aromatic N) is 2. The lowest BCUT2D eigenvalue weighted by atomic mass is 10.0. The Morgan fingerprint density at radius 2 is 1.93 bits per heavy atom. The molecule has 142 valence electrons. The number of aromatic nitrogens is 1. The van der Waals surface area contributed by atoms with Gasteiger partial charge in [0.05, 0.1) is 6.17 Å². The summed E-state index contributed by atoms with van der Waals surface area (Å²) in [5.74, 6) is 0. The van der Waals surface area contributed by atoms with Crippen molar-refractivity contribution in [3.05, 3.63) is 60.4 Å². The van der Waals surface area contributed by atoms with Crippen molar-refractivity contribution in [1.29, 1.82) is 0 Å². The van der Waals surface area contributed by atoms with E-state index >= 15 is 0 Å². The van der Waals surface area contributed by atoms with Crippen LogP contribution in [-0.4, -0.2) is 41.2 Å². The predicted octanol–water partition coefficient (Wildman–Crippen LogP) is 2.23. The van der Waals surface area contributed by atoms with Gasteiger partial charge in [-0.05, 0) is 55.6 Å². The fraction of sp³-hybridized carbons (Fsp3) is 0.400. The van der Waals surface area contributed by atoms with Crippen molar-refractivity contribution >= 4 is 11.7 Å². The molecule has 2 aromatic rings. The molecule has 2 saturated heterocycles. The molecular formula is C20H26N6O. The molecule has 4 rings (SSSR count). The van der Waals surface area contributed by atoms with Crippen LogP contribution >= 0.6 is 0 Å². The molecule has 2 fully saturated rings. The van der Waals surface area contributed by atoms with E-state index in [2.05, 4.69) is 43.5 Å². The molecule has 2 aliphatic heterocycles. The van der Waals surface area contributed by atoms with Gasteiger partial charge in [0.15, 0.2) is 0 Å². The molecule has 3 unspecified atom stereocenters. The SMILES string of the molecule is O=C(Nc1ccccc1)NC1CCCN(C2CC(c3ccncc3)NN2)C1. The van der Waals surface area contributed by atoms with Crippen molar-refractivity contribution in [2.75, 3.05) is 18.4 Å². The number of hydrogen-bond acceptors (Lipinski definition) is 5. The molecule has 3 atom stereocenters. The summed E-state index contributed by atoms with van der Waals surface area (Å²) in [6.07, 6.45) is 7.01. The zero-order chi connectivity index (χ0) is 18.5. The number of piperidine rings is 1. The van der Waals surface area contributed by atoms with Crippen molar-refractivity contribution in [3.63, 3.8) is 0 Å². The molecule has 3 heterocycles. The number of hydrogen-bond donors (Lipinski definition) is 4. The Morgan fingerprint density at radius 3 is 2.74 bits per heavy atom. The second-order valence-electron chi connectivity index (χ2n) is 7.17. The molecule has 2 aliphatic rings. The molecule has 4 N–H and O–H groups in total. The zero-order valence-electron chi connectivity index (χ0n) is 15.3. The van der Waals surface area contributed by atoms with E-state index in [1.165, 1.54) is 5.56 Å². The van der Waals surface area contributed by atoms with Crippen LogP contribution in [0.5, 0.6) is 0 Å². The van der Waals surface area contributed by atoms with E-state index in [4.69, 9.17) is 0 Å². The fourth-order valence-electron chi connectivity index (χ4n) is 3.87. The van der Waals surface area contributed by atoms with Gasteiger partial charge in [-0.15, -0.1) is 0 Å². The van der Waals surface area contributed by atoms with Crippen molar-refractivity contribution < 1.29 is 4.79 Å². The Morgan fingerprint density at radius 1 is 1.11 bits per heavy atom. The number of carbonyl (C=O) groups is 1. The van der Waals surface area contributed by atoms with Crippen molar-refractivity contribution in [2.45, 2.75) is 37.5 Å². The Hall–Kier alpha value is -2.48. The van der Waals surface area contributed by atoms with Crippen molar-refractivity contribution in [3.8, 4) is 0 Å². The Balaban J connectivity index is 1.29. The quantitative estimate of drug-likeness (QED) is 0.667. The number of likely N-dealkylation sites (tertiary alicyclic amines) is 1. The Labute approximate surface area is 159 Å². The van der Waals surface area contributed by atoms with Crippen LogP contribution in [0.1, 0.15) is 30.9 Å². The lowest BCUT2D eigenvalue weighted by molar-refractivity contribution is 0.125. The van der Waals surface area contributed by atoms with Gasteiger partial charge in [0.25, 0.3) is 0 Å². The van der Waals surface area contributed by atoms with E-state index < -0.39 is 0 Å². The van der Waals surface area contributed by atoms with Crippen LogP contribution in [-0.2, 0) is 0 Å². The maximum Gasteiger partial charge on any atom is 0.319 e. The van der Waals surface area contributed by atoms with Gasteiger partial charge >= 0.3 is 6.03 Å². The second-order valence-corrected chi connectivity index (χ2v) is 7.17. The summed E-state index contributed by atoms with van der Waals surface area (Å²) in [6, 6.07) is 13.9. The number of pyridine rings is 1. The lowest BCUT2D eigenvalue weighted by Gasteiger charge is -2.36. The third kappa shape index (κ3) is 4.63. The number of amides is 2. The lowest BCUT2D eigenvalue weighted by Crippen LogP contribution is -2.54. The van der Waals surface area contributed by atoms with Crippen LogP contribution < -0.4 is 21.5 Å². The smallest absolute Gasteiger partial charge is 0.319 e. The maximum atomic E-state index is 12.3.